The third-order valence-electron chi connectivity index (χ3n) is 2.91. The molecule has 1 aliphatic rings. The lowest BCUT2D eigenvalue weighted by Gasteiger charge is -2.35. The first-order valence-electron chi connectivity index (χ1n) is 5.08. The summed E-state index contributed by atoms with van der Waals surface area (Å²) in [4.78, 5) is 0. The molecule has 0 spiro atoms. The highest BCUT2D eigenvalue weighted by molar-refractivity contribution is 4.88. The molecule has 0 heterocycles. The van der Waals surface area contributed by atoms with Crippen molar-refractivity contribution in [2.45, 2.75) is 63.4 Å². The number of hydrogen-bond acceptors (Lipinski definition) is 1. The summed E-state index contributed by atoms with van der Waals surface area (Å²) in [6, 6.07) is 0. The zero-order valence-corrected chi connectivity index (χ0v) is 8.15. The molecule has 0 radical (unpaired) electrons. The maximum Gasteiger partial charge on any atom is 0.248 e. The molecule has 0 aromatic rings. The van der Waals surface area contributed by atoms with Crippen molar-refractivity contribution in [2.75, 3.05) is 0 Å². The maximum absolute atomic E-state index is 12.8. The Hall–Kier alpha value is -0.180. The lowest BCUT2D eigenvalue weighted by molar-refractivity contribution is -0.106. The van der Waals surface area contributed by atoms with Crippen LogP contribution in [0.25, 0.3) is 0 Å². The van der Waals surface area contributed by atoms with Crippen molar-refractivity contribution in [3.05, 3.63) is 0 Å². The van der Waals surface area contributed by atoms with Gasteiger partial charge in [0.2, 0.25) is 5.92 Å². The van der Waals surface area contributed by atoms with E-state index in [4.69, 9.17) is 0 Å². The largest absolute Gasteiger partial charge is 0.390 e. The van der Waals surface area contributed by atoms with Crippen molar-refractivity contribution in [3.63, 3.8) is 0 Å². The highest BCUT2D eigenvalue weighted by Gasteiger charge is 2.41. The van der Waals surface area contributed by atoms with Gasteiger partial charge in [0.05, 0.1) is 5.60 Å². The van der Waals surface area contributed by atoms with Gasteiger partial charge in [-0.05, 0) is 19.3 Å². The van der Waals surface area contributed by atoms with Crippen LogP contribution in [0.2, 0.25) is 0 Å². The van der Waals surface area contributed by atoms with E-state index in [1.807, 2.05) is 6.92 Å². The molecule has 0 aromatic carbocycles. The molecule has 1 saturated carbocycles. The van der Waals surface area contributed by atoms with E-state index in [0.29, 0.717) is 6.42 Å². The molecule has 0 unspecified atom stereocenters. The Bertz CT molecular complexity index is 158. The van der Waals surface area contributed by atoms with E-state index >= 15 is 0 Å². The molecule has 1 aliphatic carbocycles. The fourth-order valence-corrected chi connectivity index (χ4v) is 1.84. The van der Waals surface area contributed by atoms with Gasteiger partial charge in [0, 0.05) is 12.8 Å². The summed E-state index contributed by atoms with van der Waals surface area (Å²) in [6.07, 6.45) is 2.86. The van der Waals surface area contributed by atoms with E-state index in [1.165, 1.54) is 0 Å². The van der Waals surface area contributed by atoms with Gasteiger partial charge in [-0.2, -0.15) is 0 Å². The van der Waals surface area contributed by atoms with E-state index in [1.54, 1.807) is 0 Å². The molecular formula is C10H18F2O. The Kier molecular flexibility index (Phi) is 3.28. The summed E-state index contributed by atoms with van der Waals surface area (Å²) < 4.78 is 25.5. The Morgan fingerprint density at radius 2 is 1.69 bits per heavy atom. The molecular weight excluding hydrogens is 174 g/mol. The molecule has 0 bridgehead atoms. The van der Waals surface area contributed by atoms with Gasteiger partial charge in [0.1, 0.15) is 0 Å². The van der Waals surface area contributed by atoms with Gasteiger partial charge in [-0.3, -0.25) is 0 Å². The number of halogens is 2. The number of alkyl halides is 2. The molecule has 0 aliphatic heterocycles. The predicted molar refractivity (Wildman–Crippen MR) is 47.9 cm³/mol. The molecule has 1 N–H and O–H groups in total. The van der Waals surface area contributed by atoms with Crippen LogP contribution in [0.15, 0.2) is 0 Å². The minimum absolute atomic E-state index is 0.146. The number of aliphatic hydroxyl groups is 1. The first kappa shape index (κ1) is 10.9. The van der Waals surface area contributed by atoms with Crippen molar-refractivity contribution in [1.82, 2.24) is 0 Å². The van der Waals surface area contributed by atoms with Crippen molar-refractivity contribution in [2.24, 2.45) is 0 Å². The summed E-state index contributed by atoms with van der Waals surface area (Å²) in [6.45, 7) is 2.04. The Labute approximate surface area is 78.1 Å². The van der Waals surface area contributed by atoms with Gasteiger partial charge in [-0.25, -0.2) is 8.78 Å². The van der Waals surface area contributed by atoms with Crippen molar-refractivity contribution < 1.29 is 13.9 Å². The van der Waals surface area contributed by atoms with Crippen LogP contribution in [0, 0.1) is 0 Å². The minimum atomic E-state index is -2.53. The van der Waals surface area contributed by atoms with E-state index in [-0.39, 0.29) is 25.7 Å². The molecule has 0 amide bonds. The number of unbranched alkanes of at least 4 members (excludes halogenated alkanes) is 1. The van der Waals surface area contributed by atoms with E-state index < -0.39 is 11.5 Å². The first-order valence-corrected chi connectivity index (χ1v) is 5.08. The van der Waals surface area contributed by atoms with E-state index in [0.717, 1.165) is 12.8 Å². The van der Waals surface area contributed by atoms with Crippen LogP contribution < -0.4 is 0 Å². The average molecular weight is 192 g/mol. The second-order valence-corrected chi connectivity index (χ2v) is 4.18. The quantitative estimate of drug-likeness (QED) is 0.728. The standard InChI is InChI=1S/C10H18F2O/c1-2-3-4-9(13)5-7-10(11,12)8-6-9/h13H,2-8H2,1H3. The topological polar surface area (TPSA) is 20.2 Å². The average Bonchev–Trinajstić information content (AvgIpc) is 2.08. The van der Waals surface area contributed by atoms with Crippen molar-refractivity contribution in [1.29, 1.82) is 0 Å². The van der Waals surface area contributed by atoms with Gasteiger partial charge in [-0.15, -0.1) is 0 Å². The molecule has 3 heteroatoms. The fourth-order valence-electron chi connectivity index (χ4n) is 1.84. The van der Waals surface area contributed by atoms with Crippen LogP contribution in [0.5, 0.6) is 0 Å². The van der Waals surface area contributed by atoms with Gasteiger partial charge in [0.25, 0.3) is 0 Å². The second-order valence-electron chi connectivity index (χ2n) is 4.18. The van der Waals surface area contributed by atoms with Gasteiger partial charge in [0.15, 0.2) is 0 Å². The van der Waals surface area contributed by atoms with Crippen molar-refractivity contribution in [3.8, 4) is 0 Å². The first-order chi connectivity index (χ1) is 5.97. The lowest BCUT2D eigenvalue weighted by Crippen LogP contribution is -2.38. The summed E-state index contributed by atoms with van der Waals surface area (Å²) >= 11 is 0. The van der Waals surface area contributed by atoms with Crippen LogP contribution in [-0.2, 0) is 0 Å². The number of rotatable bonds is 3. The summed E-state index contributed by atoms with van der Waals surface area (Å²) in [5.41, 5.74) is -0.794. The third kappa shape index (κ3) is 3.22. The third-order valence-corrected chi connectivity index (χ3v) is 2.91. The number of hydrogen-bond donors (Lipinski definition) is 1. The Morgan fingerprint density at radius 1 is 1.15 bits per heavy atom. The van der Waals surface area contributed by atoms with Crippen LogP contribution in [-0.4, -0.2) is 16.6 Å². The monoisotopic (exact) mass is 192 g/mol. The predicted octanol–water partition coefficient (Wildman–Crippen LogP) is 3.12. The molecule has 1 rings (SSSR count). The highest BCUT2D eigenvalue weighted by Crippen LogP contribution is 2.40. The summed E-state index contributed by atoms with van der Waals surface area (Å²) in [7, 11) is 0. The summed E-state index contributed by atoms with van der Waals surface area (Å²) in [5.74, 6) is -2.53. The van der Waals surface area contributed by atoms with E-state index in [9.17, 15) is 13.9 Å². The minimum Gasteiger partial charge on any atom is -0.390 e. The van der Waals surface area contributed by atoms with E-state index in [2.05, 4.69) is 0 Å². The molecule has 13 heavy (non-hydrogen) atoms. The zero-order valence-electron chi connectivity index (χ0n) is 8.15. The molecule has 0 atom stereocenters. The maximum atomic E-state index is 12.8. The Morgan fingerprint density at radius 3 is 2.15 bits per heavy atom. The van der Waals surface area contributed by atoms with Crippen LogP contribution >= 0.6 is 0 Å². The van der Waals surface area contributed by atoms with Crippen molar-refractivity contribution >= 4 is 0 Å². The highest BCUT2D eigenvalue weighted by atomic mass is 19.3. The van der Waals surface area contributed by atoms with Gasteiger partial charge >= 0.3 is 0 Å². The molecule has 0 saturated heterocycles. The normalized spacial score (nSPS) is 25.8. The van der Waals surface area contributed by atoms with Gasteiger partial charge < -0.3 is 5.11 Å². The van der Waals surface area contributed by atoms with Crippen LogP contribution in [0.3, 0.4) is 0 Å². The molecule has 1 nitrogen and oxygen atoms in total. The smallest absolute Gasteiger partial charge is 0.248 e. The molecule has 1 fully saturated rings. The summed E-state index contributed by atoms with van der Waals surface area (Å²) in [5, 5.41) is 9.90. The fraction of sp³-hybridized carbons (Fsp3) is 1.00. The molecule has 0 aromatic heterocycles. The Balaban J connectivity index is 2.37. The zero-order chi connectivity index (χ0) is 9.95. The molecule has 78 valence electrons. The van der Waals surface area contributed by atoms with Gasteiger partial charge in [-0.1, -0.05) is 19.8 Å². The lowest BCUT2D eigenvalue weighted by atomic mass is 9.80. The SMILES string of the molecule is CCCCC1(O)CCC(F)(F)CC1. The second kappa shape index (κ2) is 3.91. The van der Waals surface area contributed by atoms with Crippen LogP contribution in [0.4, 0.5) is 8.78 Å². The van der Waals surface area contributed by atoms with Crippen LogP contribution in [0.1, 0.15) is 51.9 Å².